The lowest BCUT2D eigenvalue weighted by atomic mass is 9.86. The van der Waals surface area contributed by atoms with Gasteiger partial charge in [-0.1, -0.05) is 6.42 Å². The number of nitrogens with one attached hydrogen (secondary N) is 1. The average Bonchev–Trinajstić information content (AvgIpc) is 2.14. The minimum atomic E-state index is -3.21. The molecule has 0 bridgehead atoms. The molecule has 0 unspecified atom stereocenters. The largest absolute Gasteiger partial charge is 0.469 e. The number of ether oxygens (including phenoxy) is 1. The zero-order valence-electron chi connectivity index (χ0n) is 9.57. The number of hydrogen-bond donors (Lipinski definition) is 1. The van der Waals surface area contributed by atoms with E-state index in [0.717, 1.165) is 12.8 Å². The van der Waals surface area contributed by atoms with Crippen LogP contribution in [0.4, 0.5) is 0 Å². The van der Waals surface area contributed by atoms with Gasteiger partial charge in [0.05, 0.1) is 12.9 Å². The van der Waals surface area contributed by atoms with E-state index in [9.17, 15) is 13.2 Å². The third-order valence-corrected chi connectivity index (χ3v) is 4.27. The van der Waals surface area contributed by atoms with Gasteiger partial charge in [-0.25, -0.2) is 13.1 Å². The number of methoxy groups -OCH3 is 1. The van der Waals surface area contributed by atoms with Crippen LogP contribution in [0.15, 0.2) is 0 Å². The summed E-state index contributed by atoms with van der Waals surface area (Å²) in [6, 6.07) is 0. The monoisotopic (exact) mass is 249 g/mol. The molecule has 6 heteroatoms. The lowest BCUT2D eigenvalue weighted by molar-refractivity contribution is -0.140. The Morgan fingerprint density at radius 2 is 2.12 bits per heavy atom. The van der Waals surface area contributed by atoms with Crippen LogP contribution in [0.1, 0.15) is 32.1 Å². The van der Waals surface area contributed by atoms with Gasteiger partial charge >= 0.3 is 5.97 Å². The molecule has 0 radical (unpaired) electrons. The van der Waals surface area contributed by atoms with E-state index < -0.39 is 10.0 Å². The van der Waals surface area contributed by atoms with Crippen molar-refractivity contribution in [3.63, 3.8) is 0 Å². The molecule has 0 aliphatic heterocycles. The predicted molar refractivity (Wildman–Crippen MR) is 60.4 cm³/mol. The highest BCUT2D eigenvalue weighted by molar-refractivity contribution is 7.89. The molecule has 1 fully saturated rings. The summed E-state index contributed by atoms with van der Waals surface area (Å²) >= 11 is 0. The van der Waals surface area contributed by atoms with Crippen LogP contribution in [0.3, 0.4) is 0 Å². The Labute approximate surface area is 96.6 Å². The zero-order valence-corrected chi connectivity index (χ0v) is 10.4. The Morgan fingerprint density at radius 3 is 2.62 bits per heavy atom. The fourth-order valence-electron chi connectivity index (χ4n) is 1.52. The van der Waals surface area contributed by atoms with Crippen molar-refractivity contribution in [2.24, 2.45) is 5.92 Å². The maximum atomic E-state index is 11.5. The van der Waals surface area contributed by atoms with E-state index in [0.29, 0.717) is 18.9 Å². The lowest BCUT2D eigenvalue weighted by Gasteiger charge is -2.25. The molecular formula is C10H19NO4S. The molecule has 94 valence electrons. The van der Waals surface area contributed by atoms with Crippen LogP contribution in [0.5, 0.6) is 0 Å². The summed E-state index contributed by atoms with van der Waals surface area (Å²) in [6.07, 6.45) is 3.90. The first kappa shape index (κ1) is 13.4. The standard InChI is InChI=1S/C10H19NO4S/c1-15-10(12)6-3-7-16(13,14)11-8-9-4-2-5-9/h9,11H,2-8H2,1H3. The first-order valence-corrected chi connectivity index (χ1v) is 7.23. The third kappa shape index (κ3) is 4.94. The maximum absolute atomic E-state index is 11.5. The molecule has 1 saturated carbocycles. The number of hydrogen-bond acceptors (Lipinski definition) is 4. The Kier molecular flexibility index (Phi) is 5.21. The van der Waals surface area contributed by atoms with E-state index in [1.807, 2.05) is 0 Å². The second-order valence-electron chi connectivity index (χ2n) is 4.14. The fraction of sp³-hybridized carbons (Fsp3) is 0.900. The van der Waals surface area contributed by atoms with Gasteiger partial charge in [0, 0.05) is 13.0 Å². The highest BCUT2D eigenvalue weighted by Gasteiger charge is 2.20. The van der Waals surface area contributed by atoms with E-state index in [1.54, 1.807) is 0 Å². The van der Waals surface area contributed by atoms with Gasteiger partial charge in [-0.05, 0) is 25.2 Å². The van der Waals surface area contributed by atoms with E-state index >= 15 is 0 Å². The molecule has 0 saturated heterocycles. The van der Waals surface area contributed by atoms with E-state index in [2.05, 4.69) is 9.46 Å². The van der Waals surface area contributed by atoms with Gasteiger partial charge in [-0.15, -0.1) is 0 Å². The second-order valence-corrected chi connectivity index (χ2v) is 6.07. The smallest absolute Gasteiger partial charge is 0.305 e. The van der Waals surface area contributed by atoms with Crippen molar-refractivity contribution in [3.05, 3.63) is 0 Å². The Balaban J connectivity index is 2.15. The highest BCUT2D eigenvalue weighted by atomic mass is 32.2. The summed E-state index contributed by atoms with van der Waals surface area (Å²) < 4.78 is 30.0. The fourth-order valence-corrected chi connectivity index (χ4v) is 2.68. The van der Waals surface area contributed by atoms with Crippen molar-refractivity contribution in [1.29, 1.82) is 0 Å². The van der Waals surface area contributed by atoms with Gasteiger partial charge in [0.15, 0.2) is 0 Å². The second kappa shape index (κ2) is 6.20. The minimum absolute atomic E-state index is 0.00514. The Morgan fingerprint density at radius 1 is 1.44 bits per heavy atom. The molecule has 1 aliphatic rings. The number of rotatable bonds is 7. The quantitative estimate of drug-likeness (QED) is 0.673. The van der Waals surface area contributed by atoms with Crippen molar-refractivity contribution in [1.82, 2.24) is 4.72 Å². The van der Waals surface area contributed by atoms with Gasteiger partial charge in [0.25, 0.3) is 0 Å². The van der Waals surface area contributed by atoms with Gasteiger partial charge in [-0.2, -0.15) is 0 Å². The average molecular weight is 249 g/mol. The minimum Gasteiger partial charge on any atom is -0.469 e. The lowest BCUT2D eigenvalue weighted by Crippen LogP contribution is -2.33. The summed E-state index contributed by atoms with van der Waals surface area (Å²) in [7, 11) is -1.92. The first-order valence-electron chi connectivity index (χ1n) is 5.57. The van der Waals surface area contributed by atoms with E-state index in [1.165, 1.54) is 13.5 Å². The SMILES string of the molecule is COC(=O)CCCS(=O)(=O)NCC1CCC1. The normalized spacial score (nSPS) is 16.8. The molecular weight excluding hydrogens is 230 g/mol. The van der Waals surface area contributed by atoms with Crippen molar-refractivity contribution in [2.75, 3.05) is 19.4 Å². The Hall–Kier alpha value is -0.620. The van der Waals surface area contributed by atoms with Gasteiger partial charge in [0.1, 0.15) is 0 Å². The van der Waals surface area contributed by atoms with Crippen molar-refractivity contribution in [2.45, 2.75) is 32.1 Å². The van der Waals surface area contributed by atoms with E-state index in [-0.39, 0.29) is 18.1 Å². The molecule has 0 heterocycles. The van der Waals surface area contributed by atoms with Crippen molar-refractivity contribution in [3.8, 4) is 0 Å². The van der Waals surface area contributed by atoms with Crippen LogP contribution in [0.2, 0.25) is 0 Å². The van der Waals surface area contributed by atoms with Crippen LogP contribution in [0.25, 0.3) is 0 Å². The molecule has 0 amide bonds. The van der Waals surface area contributed by atoms with Crippen LogP contribution >= 0.6 is 0 Å². The Bertz CT molecular complexity index is 322. The molecule has 0 aromatic carbocycles. The van der Waals surface area contributed by atoms with Crippen LogP contribution in [-0.4, -0.2) is 33.8 Å². The van der Waals surface area contributed by atoms with Crippen LogP contribution in [0, 0.1) is 5.92 Å². The number of esters is 1. The van der Waals surface area contributed by atoms with Crippen molar-refractivity contribution >= 4 is 16.0 Å². The third-order valence-electron chi connectivity index (χ3n) is 2.84. The topological polar surface area (TPSA) is 72.5 Å². The molecule has 0 atom stereocenters. The first-order chi connectivity index (χ1) is 7.53. The number of carbonyl (C=O) groups is 1. The number of sulfonamides is 1. The van der Waals surface area contributed by atoms with Gasteiger partial charge in [0.2, 0.25) is 10.0 Å². The predicted octanol–water partition coefficient (Wildman–Crippen LogP) is 0.659. The van der Waals surface area contributed by atoms with Crippen LogP contribution < -0.4 is 4.72 Å². The molecule has 1 aliphatic carbocycles. The van der Waals surface area contributed by atoms with Gasteiger partial charge in [-0.3, -0.25) is 4.79 Å². The summed E-state index contributed by atoms with van der Waals surface area (Å²) in [5.41, 5.74) is 0. The molecule has 1 N–H and O–H groups in total. The van der Waals surface area contributed by atoms with E-state index in [4.69, 9.17) is 0 Å². The molecule has 1 rings (SSSR count). The maximum Gasteiger partial charge on any atom is 0.305 e. The summed E-state index contributed by atoms with van der Waals surface area (Å²) in [5, 5.41) is 0. The summed E-state index contributed by atoms with van der Waals surface area (Å²) in [6.45, 7) is 0.542. The molecule has 0 aromatic rings. The summed E-state index contributed by atoms with van der Waals surface area (Å²) in [4.78, 5) is 10.8. The van der Waals surface area contributed by atoms with Gasteiger partial charge < -0.3 is 4.74 Å². The highest BCUT2D eigenvalue weighted by Crippen LogP contribution is 2.25. The van der Waals surface area contributed by atoms with Crippen molar-refractivity contribution < 1.29 is 17.9 Å². The molecule has 0 spiro atoms. The molecule has 16 heavy (non-hydrogen) atoms. The van der Waals surface area contributed by atoms with Crippen LogP contribution in [-0.2, 0) is 19.6 Å². The number of carbonyl (C=O) groups excluding carboxylic acids is 1. The zero-order chi connectivity index (χ0) is 12.0. The summed E-state index contributed by atoms with van der Waals surface area (Å²) in [5.74, 6) is 0.138. The molecule has 0 aromatic heterocycles. The molecule has 5 nitrogen and oxygen atoms in total.